The average Bonchev–Trinajstić information content (AvgIpc) is 3.18. The zero-order valence-electron chi connectivity index (χ0n) is 36.5. The van der Waals surface area contributed by atoms with E-state index in [4.69, 9.17) is 0 Å². The molecule has 6 heteroatoms. The molecule has 0 aliphatic carbocycles. The second-order valence-electron chi connectivity index (χ2n) is 17.2. The molecule has 0 heterocycles. The number of aliphatic hydroxyl groups excluding tert-OH is 4. The molecule has 0 saturated heterocycles. The molecule has 0 radical (unpaired) electrons. The smallest absolute Gasteiger partial charge is 0.249 e. The van der Waals surface area contributed by atoms with Crippen molar-refractivity contribution in [3.63, 3.8) is 0 Å². The van der Waals surface area contributed by atoms with Gasteiger partial charge in [0.25, 0.3) is 0 Å². The molecule has 1 amide bonds. The van der Waals surface area contributed by atoms with Crippen LogP contribution < -0.4 is 5.32 Å². The van der Waals surface area contributed by atoms with Crippen LogP contribution in [0.1, 0.15) is 271 Å². The summed E-state index contributed by atoms with van der Waals surface area (Å²) in [5.41, 5.74) is 0. The lowest BCUT2D eigenvalue weighted by molar-refractivity contribution is -0.132. The molecule has 0 aromatic heterocycles. The van der Waals surface area contributed by atoms with E-state index in [0.29, 0.717) is 12.8 Å². The van der Waals surface area contributed by atoms with E-state index in [1.54, 1.807) is 0 Å². The lowest BCUT2D eigenvalue weighted by Crippen LogP contribution is -2.53. The molecule has 0 aliphatic heterocycles. The molecule has 0 fully saturated rings. The summed E-state index contributed by atoms with van der Waals surface area (Å²) in [7, 11) is 0. The van der Waals surface area contributed by atoms with E-state index in [9.17, 15) is 25.2 Å². The van der Waals surface area contributed by atoms with Crippen LogP contribution in [-0.4, -0.2) is 57.3 Å². The number of hydrogen-bond acceptors (Lipinski definition) is 5. The lowest BCUT2D eigenvalue weighted by atomic mass is 9.99. The molecule has 0 aliphatic rings. The molecule has 0 rings (SSSR count). The number of carbonyl (C=O) groups is 1. The van der Waals surface area contributed by atoms with E-state index in [1.807, 2.05) is 0 Å². The Bertz CT molecular complexity index is 736. The summed E-state index contributed by atoms with van der Waals surface area (Å²) in [4.78, 5) is 12.5. The van der Waals surface area contributed by atoms with Crippen molar-refractivity contribution < 1.29 is 25.2 Å². The molecule has 0 aromatic rings. The Hall–Kier alpha value is -0.690. The van der Waals surface area contributed by atoms with Crippen molar-refractivity contribution in [2.75, 3.05) is 6.61 Å². The van der Waals surface area contributed by atoms with Gasteiger partial charge in [-0.05, 0) is 12.8 Å². The molecule has 5 N–H and O–H groups in total. The Morgan fingerprint density at radius 1 is 0.389 bits per heavy atom. The van der Waals surface area contributed by atoms with E-state index in [-0.39, 0.29) is 0 Å². The number of carbonyl (C=O) groups excluding carboxylic acids is 1. The van der Waals surface area contributed by atoms with Crippen LogP contribution in [0, 0.1) is 0 Å². The second-order valence-corrected chi connectivity index (χ2v) is 17.2. The fraction of sp³-hybridized carbons (Fsp3) is 0.979. The normalized spacial score (nSPS) is 14.0. The predicted octanol–water partition coefficient (Wildman–Crippen LogP) is 13.2. The Kier molecular flexibility index (Phi) is 42.9. The SMILES string of the molecule is CCCCCCCCCCCCCCCCCCCCCCCCCCCCC(O)C(=O)NC(CO)C(O)C(O)CCCCCCCCCCCCCC. The predicted molar refractivity (Wildman–Crippen MR) is 233 cm³/mol. The monoisotopic (exact) mass is 768 g/mol. The van der Waals surface area contributed by atoms with Gasteiger partial charge in [0.2, 0.25) is 5.91 Å². The highest BCUT2D eigenvalue weighted by Crippen LogP contribution is 2.18. The molecule has 324 valence electrons. The molecular weight excluding hydrogens is 671 g/mol. The summed E-state index contributed by atoms with van der Waals surface area (Å²) < 4.78 is 0. The van der Waals surface area contributed by atoms with Crippen molar-refractivity contribution in [1.29, 1.82) is 0 Å². The first-order valence-corrected chi connectivity index (χ1v) is 24.4. The molecule has 0 saturated carbocycles. The van der Waals surface area contributed by atoms with Gasteiger partial charge in [-0.3, -0.25) is 4.79 Å². The Labute approximate surface area is 337 Å². The van der Waals surface area contributed by atoms with Gasteiger partial charge in [-0.15, -0.1) is 0 Å². The summed E-state index contributed by atoms with van der Waals surface area (Å²) >= 11 is 0. The van der Waals surface area contributed by atoms with Crippen molar-refractivity contribution in [1.82, 2.24) is 5.32 Å². The number of unbranched alkanes of at least 4 members (excludes halogenated alkanes) is 36. The molecule has 4 atom stereocenters. The third-order valence-electron chi connectivity index (χ3n) is 11.8. The standard InChI is InChI=1S/C48H97NO5/c1-3-5-7-9-11-13-15-17-18-19-20-21-22-23-24-25-26-27-28-29-30-32-34-36-38-40-42-46(52)48(54)49-44(43-50)47(53)45(51)41-39-37-35-33-31-16-14-12-10-8-6-4-2/h44-47,50-53H,3-43H2,1-2H3,(H,49,54). The van der Waals surface area contributed by atoms with Crippen molar-refractivity contribution in [3.05, 3.63) is 0 Å². The molecule has 0 aromatic carbocycles. The van der Waals surface area contributed by atoms with Crippen molar-refractivity contribution in [2.24, 2.45) is 0 Å². The molecule has 54 heavy (non-hydrogen) atoms. The van der Waals surface area contributed by atoms with Gasteiger partial charge in [-0.2, -0.15) is 0 Å². The topological polar surface area (TPSA) is 110 Å². The summed E-state index contributed by atoms with van der Waals surface area (Å²) in [6.45, 7) is 4.06. The fourth-order valence-electron chi connectivity index (χ4n) is 7.94. The van der Waals surface area contributed by atoms with E-state index >= 15 is 0 Å². The van der Waals surface area contributed by atoms with E-state index in [1.165, 1.54) is 205 Å². The van der Waals surface area contributed by atoms with Gasteiger partial charge in [0, 0.05) is 0 Å². The van der Waals surface area contributed by atoms with Gasteiger partial charge in [0.05, 0.1) is 18.8 Å². The second kappa shape index (κ2) is 43.4. The highest BCUT2D eigenvalue weighted by Gasteiger charge is 2.28. The molecular formula is C48H97NO5. The number of nitrogens with one attached hydrogen (secondary N) is 1. The minimum Gasteiger partial charge on any atom is -0.394 e. The summed E-state index contributed by atoms with van der Waals surface area (Å²) in [6, 6.07) is -0.978. The number of aliphatic hydroxyl groups is 4. The fourth-order valence-corrected chi connectivity index (χ4v) is 7.94. The van der Waals surface area contributed by atoms with Crippen LogP contribution in [0.15, 0.2) is 0 Å². The van der Waals surface area contributed by atoms with Crippen LogP contribution in [-0.2, 0) is 4.79 Å². The van der Waals surface area contributed by atoms with Gasteiger partial charge >= 0.3 is 0 Å². The maximum atomic E-state index is 12.5. The van der Waals surface area contributed by atoms with Gasteiger partial charge in [-0.1, -0.05) is 258 Å². The van der Waals surface area contributed by atoms with Crippen molar-refractivity contribution in [2.45, 2.75) is 295 Å². The van der Waals surface area contributed by atoms with Gasteiger partial charge < -0.3 is 25.7 Å². The van der Waals surface area contributed by atoms with Gasteiger partial charge in [0.15, 0.2) is 0 Å². The Morgan fingerprint density at radius 3 is 0.889 bits per heavy atom. The summed E-state index contributed by atoms with van der Waals surface area (Å²) in [6.07, 6.45) is 47.3. The highest BCUT2D eigenvalue weighted by atomic mass is 16.3. The van der Waals surface area contributed by atoms with Crippen molar-refractivity contribution in [3.8, 4) is 0 Å². The summed E-state index contributed by atoms with van der Waals surface area (Å²) in [5, 5.41) is 43.7. The Morgan fingerprint density at radius 2 is 0.630 bits per heavy atom. The largest absolute Gasteiger partial charge is 0.394 e. The van der Waals surface area contributed by atoms with Crippen LogP contribution in [0.4, 0.5) is 0 Å². The molecule has 6 nitrogen and oxygen atoms in total. The third kappa shape index (κ3) is 36.9. The summed E-state index contributed by atoms with van der Waals surface area (Å²) in [5.74, 6) is -0.578. The van der Waals surface area contributed by atoms with E-state index in [2.05, 4.69) is 19.2 Å². The molecule has 0 spiro atoms. The van der Waals surface area contributed by atoms with Crippen LogP contribution >= 0.6 is 0 Å². The maximum Gasteiger partial charge on any atom is 0.249 e. The van der Waals surface area contributed by atoms with Crippen molar-refractivity contribution >= 4 is 5.91 Å². The minimum atomic E-state index is -1.25. The number of rotatable bonds is 45. The number of hydrogen-bond donors (Lipinski definition) is 5. The van der Waals surface area contributed by atoms with Crippen LogP contribution in [0.5, 0.6) is 0 Å². The quantitative estimate of drug-likeness (QED) is 0.0396. The van der Waals surface area contributed by atoms with Gasteiger partial charge in [-0.25, -0.2) is 0 Å². The molecule has 0 bridgehead atoms. The molecule has 4 unspecified atom stereocenters. The van der Waals surface area contributed by atoms with Gasteiger partial charge in [0.1, 0.15) is 12.2 Å². The first-order valence-electron chi connectivity index (χ1n) is 24.4. The number of amides is 1. The maximum absolute atomic E-state index is 12.5. The van der Waals surface area contributed by atoms with Crippen LogP contribution in [0.3, 0.4) is 0 Å². The zero-order chi connectivity index (χ0) is 39.6. The average molecular weight is 768 g/mol. The zero-order valence-corrected chi connectivity index (χ0v) is 36.5. The van der Waals surface area contributed by atoms with E-state index in [0.717, 1.165) is 38.5 Å². The first kappa shape index (κ1) is 53.3. The lowest BCUT2D eigenvalue weighted by Gasteiger charge is -2.27. The highest BCUT2D eigenvalue weighted by molar-refractivity contribution is 5.80. The Balaban J connectivity index is 3.58. The first-order chi connectivity index (χ1) is 26.5. The van der Waals surface area contributed by atoms with Crippen LogP contribution in [0.25, 0.3) is 0 Å². The van der Waals surface area contributed by atoms with Crippen LogP contribution in [0.2, 0.25) is 0 Å². The van der Waals surface area contributed by atoms with E-state index < -0.39 is 36.9 Å². The minimum absolute atomic E-state index is 0.376. The third-order valence-corrected chi connectivity index (χ3v) is 11.8.